The molecule has 3 atom stereocenters. The lowest BCUT2D eigenvalue weighted by molar-refractivity contribution is -1.92. The normalized spacial score (nSPS) is 33.6. The van der Waals surface area contributed by atoms with Crippen LogP contribution in [0.3, 0.4) is 0 Å². The van der Waals surface area contributed by atoms with Crippen LogP contribution in [0.4, 0.5) is 0 Å². The van der Waals surface area contributed by atoms with E-state index in [-0.39, 0.29) is 0 Å². The van der Waals surface area contributed by atoms with Gasteiger partial charge in [-0.25, -0.2) is 0 Å². The van der Waals surface area contributed by atoms with Gasteiger partial charge in [0, 0.05) is 17.9 Å². The first-order chi connectivity index (χ1) is 7.93. The quantitative estimate of drug-likeness (QED) is 0.469. The number of piperidine rings is 1. The third-order valence-electron chi connectivity index (χ3n) is 3.10. The van der Waals surface area contributed by atoms with Gasteiger partial charge in [-0.1, -0.05) is 36.0 Å². The Morgan fingerprint density at radius 2 is 1.82 bits per heavy atom. The standard InChI is InChI=1S/C11H13N.ClHO4/c1-3-10-9-5-6-12-11(10)4-2-8(1)7-9;2-1(3,4)5/h1-4,7-8,10-12H,5-6H2;(H,2,3,4,5). The summed E-state index contributed by atoms with van der Waals surface area (Å²) in [5, 5.41) is 3.54. The van der Waals surface area contributed by atoms with Crippen molar-refractivity contribution in [1.82, 2.24) is 5.32 Å². The first-order valence-corrected chi connectivity index (χ1v) is 6.64. The second-order valence-corrected chi connectivity index (χ2v) is 5.03. The highest BCUT2D eigenvalue weighted by atomic mass is 35.7. The number of halogens is 1. The Hall–Kier alpha value is -0.690. The van der Waals surface area contributed by atoms with Crippen molar-refractivity contribution in [3.05, 3.63) is 36.0 Å². The monoisotopic (exact) mass is 259 g/mol. The maximum atomic E-state index is 8.60. The molecule has 3 aliphatic carbocycles. The lowest BCUT2D eigenvalue weighted by atomic mass is 9.83. The third kappa shape index (κ3) is 3.64. The van der Waals surface area contributed by atoms with Gasteiger partial charge in [-0.2, -0.15) is 14.0 Å². The minimum atomic E-state index is -4.69. The average molecular weight is 260 g/mol. The van der Waals surface area contributed by atoms with Gasteiger partial charge in [0.2, 0.25) is 0 Å². The topological polar surface area (TPSA) is 101 Å². The van der Waals surface area contributed by atoms with E-state index in [0.717, 1.165) is 6.54 Å². The second-order valence-electron chi connectivity index (χ2n) is 4.24. The molecule has 4 bridgehead atoms. The van der Waals surface area contributed by atoms with Crippen molar-refractivity contribution in [2.24, 2.45) is 11.8 Å². The molecular weight excluding hydrogens is 246 g/mol. The number of allylic oxidation sites excluding steroid dienone is 3. The maximum absolute atomic E-state index is 8.60. The second kappa shape index (κ2) is 4.89. The zero-order valence-corrected chi connectivity index (χ0v) is 9.84. The highest BCUT2D eigenvalue weighted by molar-refractivity contribution is 5.34. The average Bonchev–Trinajstić information content (AvgIpc) is 2.46. The van der Waals surface area contributed by atoms with Crippen molar-refractivity contribution in [3.8, 4) is 0 Å². The van der Waals surface area contributed by atoms with Crippen LogP contribution in [0.25, 0.3) is 0 Å². The number of hydrogen-bond acceptors (Lipinski definition) is 5. The number of hydrogen-bond donors (Lipinski definition) is 2. The molecule has 0 aromatic heterocycles. The minimum absolute atomic E-state index is 0.578. The molecule has 1 aliphatic heterocycles. The van der Waals surface area contributed by atoms with Crippen LogP contribution >= 0.6 is 0 Å². The molecule has 4 aliphatic rings. The third-order valence-corrected chi connectivity index (χ3v) is 3.10. The molecule has 0 aromatic carbocycles. The van der Waals surface area contributed by atoms with Crippen molar-refractivity contribution in [1.29, 1.82) is 0 Å². The highest BCUT2D eigenvalue weighted by Gasteiger charge is 2.29. The van der Waals surface area contributed by atoms with Crippen LogP contribution < -0.4 is 19.3 Å². The van der Waals surface area contributed by atoms with Crippen LogP contribution in [-0.4, -0.2) is 17.2 Å². The molecule has 5 nitrogen and oxygen atoms in total. The van der Waals surface area contributed by atoms with Crippen LogP contribution in [0.2, 0.25) is 0 Å². The largest absolute Gasteiger partial charge is 0.309 e. The van der Waals surface area contributed by atoms with E-state index in [1.165, 1.54) is 6.42 Å². The summed E-state index contributed by atoms with van der Waals surface area (Å²) in [4.78, 5) is 0. The molecular formula is C11H14ClNO4. The Balaban J connectivity index is 0.000000188. The molecule has 17 heavy (non-hydrogen) atoms. The Kier molecular flexibility index (Phi) is 3.67. The van der Waals surface area contributed by atoms with Gasteiger partial charge in [0.05, 0.1) is 14.9 Å². The van der Waals surface area contributed by atoms with Crippen LogP contribution in [0.15, 0.2) is 36.0 Å². The number of rotatable bonds is 0. The molecule has 3 unspecified atom stereocenters. The van der Waals surface area contributed by atoms with Gasteiger partial charge in [0.25, 0.3) is 0 Å². The van der Waals surface area contributed by atoms with Crippen molar-refractivity contribution < 1.29 is 28.9 Å². The molecule has 0 aromatic rings. The summed E-state index contributed by atoms with van der Waals surface area (Å²) in [7, 11) is -4.69. The van der Waals surface area contributed by atoms with E-state index in [2.05, 4.69) is 35.7 Å². The fourth-order valence-corrected chi connectivity index (χ4v) is 2.45. The van der Waals surface area contributed by atoms with Gasteiger partial charge in [0.1, 0.15) is 0 Å². The van der Waals surface area contributed by atoms with Gasteiger partial charge in [0.15, 0.2) is 0 Å². The summed E-state index contributed by atoms with van der Waals surface area (Å²) in [5.74, 6) is 1.25. The number of nitrogens with one attached hydrogen (secondary N) is 1. The Morgan fingerprint density at radius 3 is 2.53 bits per heavy atom. The van der Waals surface area contributed by atoms with Gasteiger partial charge in [-0.3, -0.25) is 0 Å². The summed E-state index contributed by atoms with van der Waals surface area (Å²) in [6, 6.07) is 0.578. The van der Waals surface area contributed by atoms with Crippen molar-refractivity contribution >= 4 is 0 Å². The molecule has 0 radical (unpaired) electrons. The van der Waals surface area contributed by atoms with E-state index in [4.69, 9.17) is 18.6 Å². The molecule has 0 spiro atoms. The predicted molar refractivity (Wildman–Crippen MR) is 52.0 cm³/mol. The van der Waals surface area contributed by atoms with Crippen LogP contribution in [0, 0.1) is 22.1 Å². The molecule has 1 fully saturated rings. The van der Waals surface area contributed by atoms with Crippen molar-refractivity contribution in [2.75, 3.05) is 6.54 Å². The minimum Gasteiger partial charge on any atom is -0.309 e. The van der Waals surface area contributed by atoms with Crippen molar-refractivity contribution in [3.63, 3.8) is 0 Å². The smallest absolute Gasteiger partial charge is 0.0777 e. The Morgan fingerprint density at radius 1 is 1.18 bits per heavy atom. The molecule has 2 N–H and O–H groups in total. The Labute approximate surface area is 101 Å². The lowest BCUT2D eigenvalue weighted by Crippen LogP contribution is -2.58. The maximum Gasteiger partial charge on any atom is 0.0777 e. The first-order valence-electron chi connectivity index (χ1n) is 5.37. The van der Waals surface area contributed by atoms with E-state index >= 15 is 0 Å². The molecule has 0 amide bonds. The van der Waals surface area contributed by atoms with Crippen LogP contribution in [0.5, 0.6) is 0 Å². The summed E-state index contributed by atoms with van der Waals surface area (Å²) in [5.41, 5.74) is 1.65. The summed E-state index contributed by atoms with van der Waals surface area (Å²) < 4.78 is 32.7. The van der Waals surface area contributed by atoms with Crippen LogP contribution in [0.1, 0.15) is 6.42 Å². The van der Waals surface area contributed by atoms with Gasteiger partial charge in [-0.15, -0.1) is 0 Å². The summed E-state index contributed by atoms with van der Waals surface area (Å²) in [6.07, 6.45) is 13.0. The summed E-state index contributed by atoms with van der Waals surface area (Å²) in [6.45, 7) is 1.15. The fraction of sp³-hybridized carbons (Fsp3) is 0.455. The zero-order chi connectivity index (χ0) is 12.5. The predicted octanol–water partition coefficient (Wildman–Crippen LogP) is -2.48. The highest BCUT2D eigenvalue weighted by Crippen LogP contribution is 2.33. The van der Waals surface area contributed by atoms with Crippen LogP contribution in [-0.2, 0) is 0 Å². The Bertz CT molecular complexity index is 366. The lowest BCUT2D eigenvalue weighted by Gasteiger charge is -2.31. The van der Waals surface area contributed by atoms with Crippen molar-refractivity contribution in [2.45, 2.75) is 12.5 Å². The van der Waals surface area contributed by atoms with E-state index in [0.29, 0.717) is 17.9 Å². The summed E-state index contributed by atoms with van der Waals surface area (Å²) >= 11 is 0. The molecule has 1 heterocycles. The van der Waals surface area contributed by atoms with Gasteiger partial charge in [-0.05, 0) is 13.0 Å². The van der Waals surface area contributed by atoms with E-state index in [9.17, 15) is 0 Å². The molecule has 0 saturated carbocycles. The van der Waals surface area contributed by atoms with Gasteiger partial charge < -0.3 is 5.32 Å². The van der Waals surface area contributed by atoms with E-state index in [1.807, 2.05) is 0 Å². The zero-order valence-electron chi connectivity index (χ0n) is 9.08. The van der Waals surface area contributed by atoms with E-state index < -0.39 is 10.2 Å². The molecule has 6 heteroatoms. The molecule has 94 valence electrons. The SMILES string of the molecule is C1=CC2NCCC3=CC1C=CC32.[O-][Cl+3]([O-])([O-])O. The fourth-order valence-electron chi connectivity index (χ4n) is 2.45. The van der Waals surface area contributed by atoms with E-state index in [1.54, 1.807) is 5.57 Å². The van der Waals surface area contributed by atoms with Gasteiger partial charge >= 0.3 is 0 Å². The molecule has 4 rings (SSSR count). The molecule has 1 saturated heterocycles. The first kappa shape index (κ1) is 12.8.